The van der Waals surface area contributed by atoms with Crippen molar-refractivity contribution in [1.82, 2.24) is 4.90 Å². The van der Waals surface area contributed by atoms with E-state index in [9.17, 15) is 18.6 Å². The molecule has 6 atom stereocenters. The SMILES string of the molecule is CCOC(=O)[C@@H]1[C@H]2[C@H](OCC)OC(=O)[C@@]2([S@@](=O)c2ccc(C)cc2)[C@H]2SC(CCOC(C)=O)=C(C)N12. The number of hydrogen-bond donors (Lipinski definition) is 0. The summed E-state index contributed by atoms with van der Waals surface area (Å²) < 4.78 is 34.9. The number of cyclic esters (lactones) is 1. The fraction of sp³-hybridized carbons (Fsp3) is 0.560. The molecule has 196 valence electrons. The van der Waals surface area contributed by atoms with E-state index in [0.717, 1.165) is 16.2 Å². The van der Waals surface area contributed by atoms with Gasteiger partial charge in [-0.3, -0.25) is 13.8 Å². The Kier molecular flexibility index (Phi) is 7.82. The molecule has 3 aliphatic heterocycles. The maximum absolute atomic E-state index is 14.4. The standard InChI is InChI=1S/C25H31NO8S2/c1-6-31-21(28)20-19-22(32-7-2)34-24(29)25(19,36(30)17-10-8-14(3)9-11-17)23-26(20)15(4)18(35-23)12-13-33-16(5)27/h8-11,19-20,22-23H,6-7,12-13H2,1-5H3/t19-,20-,22+,23+,25-,36-/m0/s1. The lowest BCUT2D eigenvalue weighted by Gasteiger charge is -2.30. The quantitative estimate of drug-likeness (QED) is 0.345. The topological polar surface area (TPSA) is 108 Å². The van der Waals surface area contributed by atoms with Crippen molar-refractivity contribution in [3.05, 3.63) is 40.4 Å². The number of hydrogen-bond acceptors (Lipinski definition) is 10. The summed E-state index contributed by atoms with van der Waals surface area (Å²) in [6, 6.07) is 6.21. The van der Waals surface area contributed by atoms with Gasteiger partial charge < -0.3 is 23.8 Å². The molecular weight excluding hydrogens is 506 g/mol. The third-order valence-corrected chi connectivity index (χ3v) is 10.4. The molecule has 0 N–H and O–H groups in total. The zero-order valence-corrected chi connectivity index (χ0v) is 22.6. The first-order valence-electron chi connectivity index (χ1n) is 11.9. The largest absolute Gasteiger partial charge is 0.466 e. The van der Waals surface area contributed by atoms with Gasteiger partial charge in [0.05, 0.1) is 29.9 Å². The van der Waals surface area contributed by atoms with Crippen LogP contribution >= 0.6 is 11.8 Å². The molecule has 3 aliphatic rings. The predicted octanol–water partition coefficient (Wildman–Crippen LogP) is 2.88. The first-order chi connectivity index (χ1) is 17.2. The molecule has 0 aromatic heterocycles. The number of esters is 3. The lowest BCUT2D eigenvalue weighted by atomic mass is 9.91. The summed E-state index contributed by atoms with van der Waals surface area (Å²) in [4.78, 5) is 41.6. The van der Waals surface area contributed by atoms with Crippen LogP contribution in [0.15, 0.2) is 39.8 Å². The van der Waals surface area contributed by atoms with Crippen LogP contribution in [0.1, 0.15) is 39.7 Å². The van der Waals surface area contributed by atoms with Crippen LogP contribution in [0.2, 0.25) is 0 Å². The summed E-state index contributed by atoms with van der Waals surface area (Å²) >= 11 is 1.36. The number of carbonyl (C=O) groups is 3. The number of allylic oxidation sites excluding steroid dienone is 1. The van der Waals surface area contributed by atoms with E-state index in [1.807, 2.05) is 30.9 Å². The lowest BCUT2D eigenvalue weighted by molar-refractivity contribution is -0.175. The third kappa shape index (κ3) is 4.24. The molecule has 11 heteroatoms. The fourth-order valence-electron chi connectivity index (χ4n) is 5.14. The lowest BCUT2D eigenvalue weighted by Crippen LogP contribution is -2.52. The summed E-state index contributed by atoms with van der Waals surface area (Å²) in [6.45, 7) is 9.15. The zero-order valence-electron chi connectivity index (χ0n) is 21.0. The maximum Gasteiger partial charge on any atom is 0.331 e. The van der Waals surface area contributed by atoms with Crippen molar-refractivity contribution >= 4 is 40.5 Å². The Labute approximate surface area is 217 Å². The number of carbonyl (C=O) groups excluding carboxylic acids is 3. The Morgan fingerprint density at radius 3 is 2.44 bits per heavy atom. The number of thioether (sulfide) groups is 1. The van der Waals surface area contributed by atoms with Gasteiger partial charge in [0.1, 0.15) is 11.4 Å². The van der Waals surface area contributed by atoms with E-state index in [4.69, 9.17) is 18.9 Å². The summed E-state index contributed by atoms with van der Waals surface area (Å²) in [6.07, 6.45) is -0.643. The highest BCUT2D eigenvalue weighted by molar-refractivity contribution is 8.05. The third-order valence-electron chi connectivity index (χ3n) is 6.67. The molecule has 0 radical (unpaired) electrons. The smallest absolute Gasteiger partial charge is 0.331 e. The molecule has 3 heterocycles. The van der Waals surface area contributed by atoms with Gasteiger partial charge in [0.15, 0.2) is 4.75 Å². The van der Waals surface area contributed by atoms with Gasteiger partial charge >= 0.3 is 17.9 Å². The van der Waals surface area contributed by atoms with Gasteiger partial charge in [-0.25, -0.2) is 4.79 Å². The molecule has 0 aliphatic carbocycles. The Morgan fingerprint density at radius 2 is 1.83 bits per heavy atom. The zero-order chi connectivity index (χ0) is 26.2. The van der Waals surface area contributed by atoms with Gasteiger partial charge in [0, 0.05) is 35.4 Å². The number of benzene rings is 1. The van der Waals surface area contributed by atoms with Gasteiger partial charge in [-0.05, 0) is 39.8 Å². The van der Waals surface area contributed by atoms with Crippen molar-refractivity contribution in [2.75, 3.05) is 19.8 Å². The van der Waals surface area contributed by atoms with Gasteiger partial charge in [-0.1, -0.05) is 17.7 Å². The number of fused-ring (bicyclic) bond motifs is 3. The van der Waals surface area contributed by atoms with Crippen molar-refractivity contribution in [1.29, 1.82) is 0 Å². The molecular formula is C25H31NO8S2. The number of nitrogens with zero attached hydrogens (tertiary/aromatic N) is 1. The molecule has 36 heavy (non-hydrogen) atoms. The monoisotopic (exact) mass is 537 g/mol. The van der Waals surface area contributed by atoms with E-state index in [-0.39, 0.29) is 19.8 Å². The molecule has 0 unspecified atom stereocenters. The van der Waals surface area contributed by atoms with Crippen molar-refractivity contribution in [3.63, 3.8) is 0 Å². The van der Waals surface area contributed by atoms with Gasteiger partial charge in [-0.15, -0.1) is 11.8 Å². The van der Waals surface area contributed by atoms with Crippen LogP contribution in [0, 0.1) is 12.8 Å². The first-order valence-corrected chi connectivity index (χ1v) is 14.0. The van der Waals surface area contributed by atoms with Crippen LogP contribution < -0.4 is 0 Å². The van der Waals surface area contributed by atoms with Gasteiger partial charge in [0.25, 0.3) is 0 Å². The Morgan fingerprint density at radius 1 is 1.14 bits per heavy atom. The molecule has 0 spiro atoms. The van der Waals surface area contributed by atoms with Crippen molar-refractivity contribution in [2.45, 2.75) is 68.4 Å². The minimum Gasteiger partial charge on any atom is -0.466 e. The highest BCUT2D eigenvalue weighted by atomic mass is 32.2. The average molecular weight is 538 g/mol. The van der Waals surface area contributed by atoms with E-state index < -0.39 is 57.1 Å². The fourth-order valence-corrected chi connectivity index (χ4v) is 8.88. The van der Waals surface area contributed by atoms with Gasteiger partial charge in [0.2, 0.25) is 6.29 Å². The van der Waals surface area contributed by atoms with Crippen LogP contribution in [0.5, 0.6) is 0 Å². The minimum atomic E-state index is -1.88. The summed E-state index contributed by atoms with van der Waals surface area (Å²) in [5, 5.41) is -0.690. The molecule has 4 rings (SSSR count). The summed E-state index contributed by atoms with van der Waals surface area (Å²) in [5.74, 6) is -2.43. The summed E-state index contributed by atoms with van der Waals surface area (Å²) in [7, 11) is -1.88. The van der Waals surface area contributed by atoms with Crippen LogP contribution in [0.25, 0.3) is 0 Å². The van der Waals surface area contributed by atoms with Crippen LogP contribution in [0.4, 0.5) is 0 Å². The van der Waals surface area contributed by atoms with E-state index in [1.165, 1.54) is 18.7 Å². The summed E-state index contributed by atoms with van der Waals surface area (Å²) in [5.41, 5.74) is 1.75. The normalized spacial score (nSPS) is 29.6. The number of rotatable bonds is 9. The Bertz CT molecular complexity index is 1100. The molecule has 1 aromatic rings. The van der Waals surface area contributed by atoms with Crippen LogP contribution in [-0.4, -0.2) is 69.3 Å². The van der Waals surface area contributed by atoms with Crippen molar-refractivity contribution < 1.29 is 37.5 Å². The Hall–Kier alpha value is -2.37. The van der Waals surface area contributed by atoms with E-state index >= 15 is 0 Å². The highest BCUT2D eigenvalue weighted by Crippen LogP contribution is 2.61. The van der Waals surface area contributed by atoms with E-state index in [2.05, 4.69) is 0 Å². The van der Waals surface area contributed by atoms with E-state index in [1.54, 1.807) is 26.0 Å². The van der Waals surface area contributed by atoms with Crippen molar-refractivity contribution in [3.8, 4) is 0 Å². The predicted molar refractivity (Wildman–Crippen MR) is 133 cm³/mol. The average Bonchev–Trinajstić information content (AvgIpc) is 3.41. The second kappa shape index (κ2) is 10.5. The molecule has 9 nitrogen and oxygen atoms in total. The molecule has 1 aromatic carbocycles. The highest BCUT2D eigenvalue weighted by Gasteiger charge is 2.78. The molecule has 2 fully saturated rings. The Balaban J connectivity index is 1.85. The second-order valence-electron chi connectivity index (χ2n) is 8.80. The molecule has 2 saturated heterocycles. The first kappa shape index (κ1) is 26.7. The van der Waals surface area contributed by atoms with Crippen molar-refractivity contribution in [2.24, 2.45) is 5.92 Å². The number of aryl methyl sites for hydroxylation is 1. The molecule has 0 bridgehead atoms. The molecule has 0 amide bonds. The van der Waals surface area contributed by atoms with E-state index in [0.29, 0.717) is 11.3 Å². The maximum atomic E-state index is 14.4. The second-order valence-corrected chi connectivity index (χ2v) is 11.7. The number of ether oxygens (including phenoxy) is 4. The van der Waals surface area contributed by atoms with Gasteiger partial charge in [-0.2, -0.15) is 0 Å². The van der Waals surface area contributed by atoms with Crippen LogP contribution in [0.3, 0.4) is 0 Å². The minimum absolute atomic E-state index is 0.151. The molecule has 0 saturated carbocycles. The van der Waals surface area contributed by atoms with Crippen LogP contribution in [-0.2, 0) is 44.1 Å².